The summed E-state index contributed by atoms with van der Waals surface area (Å²) in [6.07, 6.45) is 2.20. The van der Waals surface area contributed by atoms with Crippen LogP contribution in [0.2, 0.25) is 0 Å². The van der Waals surface area contributed by atoms with Crippen LogP contribution in [0, 0.1) is 10.1 Å². The van der Waals surface area contributed by atoms with Gasteiger partial charge < -0.3 is 4.74 Å². The highest BCUT2D eigenvalue weighted by Gasteiger charge is 2.04. The van der Waals surface area contributed by atoms with Crippen LogP contribution in [0.3, 0.4) is 0 Å². The number of rotatable bonds is 8. The normalized spacial score (nSPS) is 10.4. The van der Waals surface area contributed by atoms with E-state index in [1.54, 1.807) is 23.9 Å². The molecule has 22 heavy (non-hydrogen) atoms. The molecule has 0 saturated heterocycles. The number of unbranched alkanes of at least 4 members (excludes halogenated alkanes) is 1. The van der Waals surface area contributed by atoms with Crippen molar-refractivity contribution in [2.75, 3.05) is 6.61 Å². The summed E-state index contributed by atoms with van der Waals surface area (Å²) < 4.78 is 5.63. The van der Waals surface area contributed by atoms with E-state index in [0.29, 0.717) is 0 Å². The smallest absolute Gasteiger partial charge is 0.269 e. The van der Waals surface area contributed by atoms with E-state index >= 15 is 0 Å². The van der Waals surface area contributed by atoms with Gasteiger partial charge in [-0.2, -0.15) is 0 Å². The number of hydrogen-bond donors (Lipinski definition) is 0. The molecule has 0 aliphatic heterocycles. The van der Waals surface area contributed by atoms with Crippen LogP contribution in [0.15, 0.2) is 53.4 Å². The molecule has 0 fully saturated rings. The van der Waals surface area contributed by atoms with Gasteiger partial charge in [0.05, 0.1) is 11.5 Å². The minimum absolute atomic E-state index is 0.123. The fourth-order valence-corrected chi connectivity index (χ4v) is 2.70. The number of nitro groups is 1. The van der Waals surface area contributed by atoms with E-state index in [1.165, 1.54) is 17.7 Å². The van der Waals surface area contributed by atoms with Crippen LogP contribution in [0.25, 0.3) is 0 Å². The quantitative estimate of drug-likeness (QED) is 0.295. The largest absolute Gasteiger partial charge is 0.494 e. The summed E-state index contributed by atoms with van der Waals surface area (Å²) in [4.78, 5) is 11.2. The van der Waals surface area contributed by atoms with Crippen molar-refractivity contribution >= 4 is 17.4 Å². The lowest BCUT2D eigenvalue weighted by Gasteiger charge is -2.06. The molecule has 0 atom stereocenters. The van der Waals surface area contributed by atoms with Gasteiger partial charge in [0, 0.05) is 22.8 Å². The first-order chi connectivity index (χ1) is 10.7. The van der Waals surface area contributed by atoms with Crippen LogP contribution in [-0.4, -0.2) is 11.5 Å². The van der Waals surface area contributed by atoms with Gasteiger partial charge in [-0.1, -0.05) is 25.5 Å². The van der Waals surface area contributed by atoms with Crippen molar-refractivity contribution in [1.82, 2.24) is 0 Å². The third kappa shape index (κ3) is 5.07. The highest BCUT2D eigenvalue weighted by atomic mass is 32.2. The van der Waals surface area contributed by atoms with Crippen molar-refractivity contribution in [3.8, 4) is 5.75 Å². The summed E-state index contributed by atoms with van der Waals surface area (Å²) in [6, 6.07) is 14.7. The monoisotopic (exact) mass is 317 g/mol. The Hall–Kier alpha value is -2.01. The maximum Gasteiger partial charge on any atom is 0.269 e. The molecule has 0 aromatic heterocycles. The van der Waals surface area contributed by atoms with Gasteiger partial charge in [-0.25, -0.2) is 0 Å². The minimum Gasteiger partial charge on any atom is -0.494 e. The number of ether oxygens (including phenoxy) is 1. The molecule has 0 bridgehead atoms. The van der Waals surface area contributed by atoms with E-state index in [2.05, 4.69) is 19.1 Å². The van der Waals surface area contributed by atoms with E-state index < -0.39 is 0 Å². The van der Waals surface area contributed by atoms with Crippen molar-refractivity contribution in [2.24, 2.45) is 0 Å². The molecule has 0 amide bonds. The fraction of sp³-hybridized carbons (Fsp3) is 0.294. The Kier molecular flexibility index (Phi) is 6.27. The number of nitrogens with zero attached hydrogens (tertiary/aromatic N) is 1. The molecule has 2 aromatic rings. The van der Waals surface area contributed by atoms with E-state index in [4.69, 9.17) is 4.74 Å². The van der Waals surface area contributed by atoms with E-state index in [9.17, 15) is 10.1 Å². The van der Waals surface area contributed by atoms with Crippen molar-refractivity contribution in [3.63, 3.8) is 0 Å². The molecule has 5 heteroatoms. The molecule has 0 unspecified atom stereocenters. The second-order valence-electron chi connectivity index (χ2n) is 4.89. The molecule has 0 spiro atoms. The van der Waals surface area contributed by atoms with Crippen LogP contribution < -0.4 is 4.74 Å². The Morgan fingerprint density at radius 1 is 1.09 bits per heavy atom. The zero-order valence-electron chi connectivity index (χ0n) is 12.5. The van der Waals surface area contributed by atoms with Gasteiger partial charge in [0.25, 0.3) is 5.69 Å². The molecule has 4 nitrogen and oxygen atoms in total. The van der Waals surface area contributed by atoms with Crippen molar-refractivity contribution in [1.29, 1.82) is 0 Å². The second-order valence-corrected chi connectivity index (χ2v) is 5.93. The Labute approximate surface area is 134 Å². The number of nitro benzene ring substituents is 1. The maximum absolute atomic E-state index is 10.6. The summed E-state index contributed by atoms with van der Waals surface area (Å²) >= 11 is 1.66. The molecule has 0 aliphatic carbocycles. The van der Waals surface area contributed by atoms with E-state index in [0.717, 1.165) is 35.8 Å². The summed E-state index contributed by atoms with van der Waals surface area (Å²) in [5, 5.41) is 10.6. The van der Waals surface area contributed by atoms with Crippen molar-refractivity contribution in [3.05, 3.63) is 64.2 Å². The molecule has 116 valence electrons. The Bertz CT molecular complexity index is 596. The Morgan fingerprint density at radius 2 is 1.77 bits per heavy atom. The lowest BCUT2D eigenvalue weighted by molar-refractivity contribution is -0.384. The van der Waals surface area contributed by atoms with Crippen LogP contribution in [0.5, 0.6) is 5.75 Å². The summed E-state index contributed by atoms with van der Waals surface area (Å²) in [7, 11) is 0. The molecule has 0 radical (unpaired) electrons. The molecule has 0 N–H and O–H groups in total. The average molecular weight is 317 g/mol. The molecular formula is C17H19NO3S. The molecular weight excluding hydrogens is 298 g/mol. The highest BCUT2D eigenvalue weighted by Crippen LogP contribution is 2.25. The first kappa shape index (κ1) is 16.4. The fourth-order valence-electron chi connectivity index (χ4n) is 1.85. The van der Waals surface area contributed by atoms with Crippen LogP contribution in [-0.2, 0) is 5.75 Å². The van der Waals surface area contributed by atoms with Gasteiger partial charge in [0.1, 0.15) is 5.75 Å². The number of thioether (sulfide) groups is 1. The summed E-state index contributed by atoms with van der Waals surface area (Å²) in [6.45, 7) is 2.90. The molecule has 0 heterocycles. The van der Waals surface area contributed by atoms with Crippen molar-refractivity contribution < 1.29 is 9.66 Å². The lowest BCUT2D eigenvalue weighted by atomic mass is 10.2. The maximum atomic E-state index is 10.6. The third-order valence-corrected chi connectivity index (χ3v) is 4.23. The first-order valence-corrected chi connectivity index (χ1v) is 8.26. The van der Waals surface area contributed by atoms with E-state index in [-0.39, 0.29) is 10.6 Å². The predicted molar refractivity (Wildman–Crippen MR) is 89.5 cm³/mol. The van der Waals surface area contributed by atoms with Gasteiger partial charge >= 0.3 is 0 Å². The first-order valence-electron chi connectivity index (χ1n) is 7.28. The lowest BCUT2D eigenvalue weighted by Crippen LogP contribution is -1.96. The zero-order chi connectivity index (χ0) is 15.8. The molecule has 2 rings (SSSR count). The molecule has 2 aromatic carbocycles. The molecule has 0 aliphatic rings. The van der Waals surface area contributed by atoms with Gasteiger partial charge in [-0.15, -0.1) is 11.8 Å². The third-order valence-electron chi connectivity index (χ3n) is 3.14. The second kappa shape index (κ2) is 8.44. The predicted octanol–water partition coefficient (Wildman–Crippen LogP) is 5.07. The topological polar surface area (TPSA) is 52.4 Å². The average Bonchev–Trinajstić information content (AvgIpc) is 2.55. The Balaban J connectivity index is 1.84. The molecule has 0 saturated carbocycles. The van der Waals surface area contributed by atoms with Crippen molar-refractivity contribution in [2.45, 2.75) is 30.4 Å². The highest BCUT2D eigenvalue weighted by molar-refractivity contribution is 7.98. The number of non-ortho nitro benzene ring substituents is 1. The van der Waals surface area contributed by atoms with Gasteiger partial charge in [-0.3, -0.25) is 10.1 Å². The van der Waals surface area contributed by atoms with E-state index in [1.807, 2.05) is 12.1 Å². The number of benzene rings is 2. The van der Waals surface area contributed by atoms with Gasteiger partial charge in [-0.05, 0) is 36.2 Å². The van der Waals surface area contributed by atoms with Crippen LogP contribution in [0.4, 0.5) is 5.69 Å². The van der Waals surface area contributed by atoms with Gasteiger partial charge in [0.2, 0.25) is 0 Å². The minimum atomic E-state index is -0.383. The van der Waals surface area contributed by atoms with Crippen LogP contribution in [0.1, 0.15) is 25.3 Å². The number of hydrogen-bond acceptors (Lipinski definition) is 4. The summed E-state index contributed by atoms with van der Waals surface area (Å²) in [5.41, 5.74) is 1.32. The SMILES string of the molecule is CCCCOc1ccc(CSc2ccc([N+](=O)[O-])cc2)cc1. The Morgan fingerprint density at radius 3 is 2.36 bits per heavy atom. The standard InChI is InChI=1S/C17H19NO3S/c1-2-3-12-21-16-8-4-14(5-9-16)13-22-17-10-6-15(7-11-17)18(19)20/h4-11H,2-3,12-13H2,1H3. The van der Waals surface area contributed by atoms with Crippen LogP contribution >= 0.6 is 11.8 Å². The van der Waals surface area contributed by atoms with Gasteiger partial charge in [0.15, 0.2) is 0 Å². The summed E-state index contributed by atoms with van der Waals surface area (Å²) in [5.74, 6) is 1.73. The zero-order valence-corrected chi connectivity index (χ0v) is 13.3.